The summed E-state index contributed by atoms with van der Waals surface area (Å²) >= 11 is 0. The summed E-state index contributed by atoms with van der Waals surface area (Å²) in [6.45, 7) is 2.21. The van der Waals surface area contributed by atoms with E-state index >= 15 is 0 Å². The minimum Gasteiger partial charge on any atom is -0.463 e. The molecule has 0 spiro atoms. The van der Waals surface area contributed by atoms with E-state index in [2.05, 4.69) is 19.1 Å². The maximum absolute atomic E-state index is 11.2. The lowest BCUT2D eigenvalue weighted by Gasteiger charge is -2.07. The second-order valence-corrected chi connectivity index (χ2v) is 6.46. The summed E-state index contributed by atoms with van der Waals surface area (Å²) in [5.41, 5.74) is 0. The number of aliphatic hydroxyl groups excluding tert-OH is 2. The fraction of sp³-hybridized carbons (Fsp3) is 0.850. The molecule has 0 rings (SSSR count). The lowest BCUT2D eigenvalue weighted by Crippen LogP contribution is -2.07. The molecule has 0 saturated heterocycles. The average Bonchev–Trinajstić information content (AvgIpc) is 2.58. The van der Waals surface area contributed by atoms with E-state index in [0.717, 1.165) is 51.4 Å². The van der Waals surface area contributed by atoms with Crippen LogP contribution in [0, 0.1) is 0 Å². The number of hydrogen-bond acceptors (Lipinski definition) is 4. The molecule has 4 nitrogen and oxygen atoms in total. The molecule has 24 heavy (non-hydrogen) atoms. The fourth-order valence-electron chi connectivity index (χ4n) is 2.59. The second-order valence-electron chi connectivity index (χ2n) is 6.46. The smallest absolute Gasteiger partial charge is 0.305 e. The molecule has 0 amide bonds. The van der Waals surface area contributed by atoms with Crippen LogP contribution in [-0.2, 0) is 9.53 Å². The molecule has 0 aliphatic carbocycles. The Morgan fingerprint density at radius 2 is 1.71 bits per heavy atom. The lowest BCUT2D eigenvalue weighted by atomic mass is 10.1. The molecule has 0 aromatic rings. The number of ether oxygens (including phenoxy) is 1. The first-order chi connectivity index (χ1) is 11.7. The zero-order valence-corrected chi connectivity index (χ0v) is 15.5. The van der Waals surface area contributed by atoms with Crippen molar-refractivity contribution >= 4 is 5.97 Å². The van der Waals surface area contributed by atoms with Gasteiger partial charge in [-0.3, -0.25) is 4.79 Å². The van der Waals surface area contributed by atoms with Crippen LogP contribution in [0.1, 0.15) is 90.4 Å². The Morgan fingerprint density at radius 3 is 2.46 bits per heavy atom. The van der Waals surface area contributed by atoms with Crippen LogP contribution >= 0.6 is 0 Å². The molecular weight excluding hydrogens is 304 g/mol. The Kier molecular flexibility index (Phi) is 17.8. The Balaban J connectivity index is 3.30. The molecule has 4 heteroatoms. The van der Waals surface area contributed by atoms with E-state index in [4.69, 9.17) is 9.84 Å². The number of unbranched alkanes of at least 4 members (excludes halogenated alkanes) is 8. The van der Waals surface area contributed by atoms with Gasteiger partial charge >= 0.3 is 5.97 Å². The molecule has 0 bridgehead atoms. The molecule has 0 heterocycles. The summed E-state index contributed by atoms with van der Waals surface area (Å²) in [7, 11) is 0. The second kappa shape index (κ2) is 18.5. The number of carbonyl (C=O) groups excluding carboxylic acids is 1. The summed E-state index contributed by atoms with van der Waals surface area (Å²) < 4.78 is 4.80. The van der Waals surface area contributed by atoms with E-state index in [1.165, 1.54) is 25.7 Å². The number of aliphatic hydroxyl groups is 2. The van der Waals surface area contributed by atoms with Crippen molar-refractivity contribution in [2.24, 2.45) is 0 Å². The summed E-state index contributed by atoms with van der Waals surface area (Å²) in [5.74, 6) is -0.208. The predicted octanol–water partition coefficient (Wildman–Crippen LogP) is 4.53. The van der Waals surface area contributed by atoms with Gasteiger partial charge in [-0.05, 0) is 32.1 Å². The van der Waals surface area contributed by atoms with Gasteiger partial charge in [0.2, 0.25) is 0 Å². The molecule has 0 aliphatic heterocycles. The number of allylic oxidation sites excluding steroid dienone is 1. The Morgan fingerprint density at radius 1 is 1.00 bits per heavy atom. The van der Waals surface area contributed by atoms with Crippen LogP contribution in [0.5, 0.6) is 0 Å². The lowest BCUT2D eigenvalue weighted by molar-refractivity contribution is -0.144. The minimum absolute atomic E-state index is 0.102. The summed E-state index contributed by atoms with van der Waals surface area (Å²) in [6.07, 6.45) is 17.6. The quantitative estimate of drug-likeness (QED) is 0.231. The average molecular weight is 343 g/mol. The maximum Gasteiger partial charge on any atom is 0.305 e. The molecule has 0 saturated carbocycles. The third-order valence-electron chi connectivity index (χ3n) is 4.07. The molecule has 1 atom stereocenters. The van der Waals surface area contributed by atoms with E-state index in [9.17, 15) is 9.90 Å². The third-order valence-corrected chi connectivity index (χ3v) is 4.07. The number of rotatable bonds is 17. The molecule has 142 valence electrons. The van der Waals surface area contributed by atoms with Crippen molar-refractivity contribution in [3.63, 3.8) is 0 Å². The zero-order valence-electron chi connectivity index (χ0n) is 15.5. The van der Waals surface area contributed by atoms with Gasteiger partial charge in [-0.2, -0.15) is 0 Å². The van der Waals surface area contributed by atoms with Gasteiger partial charge < -0.3 is 14.9 Å². The normalized spacial score (nSPS) is 12.6. The van der Waals surface area contributed by atoms with Crippen LogP contribution in [-0.4, -0.2) is 35.5 Å². The van der Waals surface area contributed by atoms with E-state index < -0.39 is 0 Å². The Hall–Kier alpha value is -0.870. The Labute approximate surface area is 148 Å². The monoisotopic (exact) mass is 342 g/mol. The van der Waals surface area contributed by atoms with Crippen molar-refractivity contribution in [1.82, 2.24) is 0 Å². The molecule has 0 aliphatic rings. The topological polar surface area (TPSA) is 66.8 Å². The highest BCUT2D eigenvalue weighted by Gasteiger charge is 2.02. The fourth-order valence-corrected chi connectivity index (χ4v) is 2.59. The summed E-state index contributed by atoms with van der Waals surface area (Å²) in [4.78, 5) is 11.2. The first-order valence-corrected chi connectivity index (χ1v) is 9.80. The van der Waals surface area contributed by atoms with Gasteiger partial charge in [0.05, 0.1) is 12.7 Å². The van der Waals surface area contributed by atoms with E-state index in [0.29, 0.717) is 6.42 Å². The van der Waals surface area contributed by atoms with Crippen molar-refractivity contribution < 1.29 is 19.7 Å². The number of carbonyl (C=O) groups is 1. The van der Waals surface area contributed by atoms with Gasteiger partial charge in [0.25, 0.3) is 0 Å². The number of esters is 1. The van der Waals surface area contributed by atoms with Crippen molar-refractivity contribution in [3.8, 4) is 0 Å². The van der Waals surface area contributed by atoms with Crippen LogP contribution in [0.25, 0.3) is 0 Å². The third kappa shape index (κ3) is 17.5. The van der Waals surface area contributed by atoms with Crippen LogP contribution in [0.4, 0.5) is 0 Å². The van der Waals surface area contributed by atoms with E-state index in [1.54, 1.807) is 0 Å². The molecule has 2 N–H and O–H groups in total. The minimum atomic E-state index is -0.208. The first-order valence-electron chi connectivity index (χ1n) is 9.80. The van der Waals surface area contributed by atoms with Crippen LogP contribution < -0.4 is 0 Å². The largest absolute Gasteiger partial charge is 0.463 e. The van der Waals surface area contributed by atoms with Gasteiger partial charge in [0.15, 0.2) is 0 Å². The zero-order chi connectivity index (χ0) is 17.9. The standard InChI is InChI=1S/C20H38O4/c1-2-3-4-11-14-19(22)15-12-9-7-5-6-8-10-13-16-20(23)24-18-17-21/h9,12,19,21-22H,2-8,10-11,13-18H2,1H3/b12-9-. The highest BCUT2D eigenvalue weighted by atomic mass is 16.5. The predicted molar refractivity (Wildman–Crippen MR) is 98.9 cm³/mol. The number of hydrogen-bond donors (Lipinski definition) is 2. The van der Waals surface area contributed by atoms with Crippen molar-refractivity contribution in [2.45, 2.75) is 96.5 Å². The van der Waals surface area contributed by atoms with Gasteiger partial charge in [0, 0.05) is 6.42 Å². The molecule has 1 unspecified atom stereocenters. The van der Waals surface area contributed by atoms with Crippen LogP contribution in [0.2, 0.25) is 0 Å². The van der Waals surface area contributed by atoms with Gasteiger partial charge in [0.1, 0.15) is 6.61 Å². The van der Waals surface area contributed by atoms with Crippen LogP contribution in [0.15, 0.2) is 12.2 Å². The van der Waals surface area contributed by atoms with Crippen molar-refractivity contribution in [3.05, 3.63) is 12.2 Å². The molecular formula is C20H38O4. The highest BCUT2D eigenvalue weighted by Crippen LogP contribution is 2.10. The SMILES string of the molecule is CCCCCCC(O)C/C=C\CCCCCCCC(=O)OCCO. The van der Waals surface area contributed by atoms with Crippen LogP contribution in [0.3, 0.4) is 0 Å². The van der Waals surface area contributed by atoms with Crippen molar-refractivity contribution in [2.75, 3.05) is 13.2 Å². The van der Waals surface area contributed by atoms with Gasteiger partial charge in [-0.1, -0.05) is 64.0 Å². The summed E-state index contributed by atoms with van der Waals surface area (Å²) in [6, 6.07) is 0. The maximum atomic E-state index is 11.2. The highest BCUT2D eigenvalue weighted by molar-refractivity contribution is 5.69. The van der Waals surface area contributed by atoms with E-state index in [-0.39, 0.29) is 25.3 Å². The summed E-state index contributed by atoms with van der Waals surface area (Å²) in [5, 5.41) is 18.4. The van der Waals surface area contributed by atoms with Crippen molar-refractivity contribution in [1.29, 1.82) is 0 Å². The van der Waals surface area contributed by atoms with Gasteiger partial charge in [-0.15, -0.1) is 0 Å². The first kappa shape index (κ1) is 23.1. The molecule has 0 fully saturated rings. The van der Waals surface area contributed by atoms with E-state index in [1.807, 2.05) is 0 Å². The Bertz CT molecular complexity index is 302. The van der Waals surface area contributed by atoms with Gasteiger partial charge in [-0.25, -0.2) is 0 Å². The molecule has 0 aromatic heterocycles. The molecule has 0 aromatic carbocycles. The molecule has 0 radical (unpaired) electrons.